The topological polar surface area (TPSA) is 0 Å². The standard InChI is InChI=1S/C25H21P/c1-5-13-21(14-6-1)25(22-15-7-2-8-16-22)26(23-17-9-3-10-18-23)24-19-11-4-12-20-24/h1-20,25H. The molecule has 0 spiro atoms. The zero-order valence-corrected chi connectivity index (χ0v) is 15.5. The highest BCUT2D eigenvalue weighted by molar-refractivity contribution is 7.73. The van der Waals surface area contributed by atoms with Crippen molar-refractivity contribution in [2.75, 3.05) is 0 Å². The predicted octanol–water partition coefficient (Wildman–Crippen LogP) is 5.91. The fourth-order valence-electron chi connectivity index (χ4n) is 3.39. The van der Waals surface area contributed by atoms with Crippen molar-refractivity contribution in [2.24, 2.45) is 0 Å². The molecule has 0 saturated carbocycles. The van der Waals surface area contributed by atoms with Gasteiger partial charge in [0, 0.05) is 5.66 Å². The molecule has 0 aliphatic carbocycles. The maximum absolute atomic E-state index is 2.28. The minimum Gasteiger partial charge on any atom is -0.0622 e. The number of benzene rings is 4. The molecule has 1 heteroatoms. The molecule has 0 N–H and O–H groups in total. The lowest BCUT2D eigenvalue weighted by atomic mass is 10.0. The molecular weight excluding hydrogens is 331 g/mol. The molecule has 0 bridgehead atoms. The van der Waals surface area contributed by atoms with Crippen LogP contribution >= 0.6 is 7.92 Å². The van der Waals surface area contributed by atoms with Crippen LogP contribution in [0.4, 0.5) is 0 Å². The Bertz CT molecular complexity index is 759. The Hall–Kier alpha value is -2.69. The lowest BCUT2D eigenvalue weighted by Crippen LogP contribution is -2.18. The predicted molar refractivity (Wildman–Crippen MR) is 114 cm³/mol. The monoisotopic (exact) mass is 352 g/mol. The summed E-state index contributed by atoms with van der Waals surface area (Å²) >= 11 is 0. The van der Waals surface area contributed by atoms with Gasteiger partial charge in [0.1, 0.15) is 0 Å². The van der Waals surface area contributed by atoms with Crippen molar-refractivity contribution in [1.29, 1.82) is 0 Å². The Balaban J connectivity index is 1.93. The van der Waals surface area contributed by atoms with Gasteiger partial charge in [-0.05, 0) is 29.7 Å². The third kappa shape index (κ3) is 3.62. The molecule has 0 amide bonds. The van der Waals surface area contributed by atoms with Crippen LogP contribution in [-0.2, 0) is 0 Å². The molecule has 0 aliphatic rings. The van der Waals surface area contributed by atoms with Crippen LogP contribution in [0, 0.1) is 0 Å². The first-order chi connectivity index (χ1) is 12.9. The summed E-state index contributed by atoms with van der Waals surface area (Å²) in [7, 11) is -0.567. The third-order valence-corrected chi connectivity index (χ3v) is 7.38. The molecular formula is C25H21P. The molecule has 0 radical (unpaired) electrons. The van der Waals surface area contributed by atoms with Crippen molar-refractivity contribution >= 4 is 18.5 Å². The zero-order valence-electron chi connectivity index (χ0n) is 14.6. The molecule has 0 fully saturated rings. The second-order valence-corrected chi connectivity index (χ2v) is 8.55. The lowest BCUT2D eigenvalue weighted by molar-refractivity contribution is 1.14. The highest BCUT2D eigenvalue weighted by Crippen LogP contribution is 2.52. The van der Waals surface area contributed by atoms with E-state index < -0.39 is 7.92 Å². The van der Waals surface area contributed by atoms with Gasteiger partial charge in [-0.3, -0.25) is 0 Å². The van der Waals surface area contributed by atoms with Gasteiger partial charge in [0.25, 0.3) is 0 Å². The maximum Gasteiger partial charge on any atom is 0.0372 e. The molecule has 0 nitrogen and oxygen atoms in total. The van der Waals surface area contributed by atoms with E-state index in [4.69, 9.17) is 0 Å². The van der Waals surface area contributed by atoms with Crippen molar-refractivity contribution < 1.29 is 0 Å². The summed E-state index contributed by atoms with van der Waals surface area (Å²) in [5.74, 6) is 0. The van der Waals surface area contributed by atoms with Crippen LogP contribution < -0.4 is 10.6 Å². The van der Waals surface area contributed by atoms with E-state index in [-0.39, 0.29) is 0 Å². The van der Waals surface area contributed by atoms with E-state index in [9.17, 15) is 0 Å². The minimum atomic E-state index is -0.567. The molecule has 0 atom stereocenters. The lowest BCUT2D eigenvalue weighted by Gasteiger charge is -2.29. The Kier molecular flexibility index (Phi) is 5.24. The average molecular weight is 352 g/mol. The van der Waals surface area contributed by atoms with Gasteiger partial charge in [0.15, 0.2) is 0 Å². The molecule has 26 heavy (non-hydrogen) atoms. The summed E-state index contributed by atoms with van der Waals surface area (Å²) in [4.78, 5) is 0. The minimum absolute atomic E-state index is 0.331. The average Bonchev–Trinajstić information content (AvgIpc) is 2.74. The first kappa shape index (κ1) is 16.8. The van der Waals surface area contributed by atoms with Crippen LogP contribution in [0.3, 0.4) is 0 Å². The molecule has 0 aromatic heterocycles. The zero-order chi connectivity index (χ0) is 17.6. The first-order valence-electron chi connectivity index (χ1n) is 8.93. The Morgan fingerprint density at radius 1 is 0.385 bits per heavy atom. The maximum atomic E-state index is 2.28. The summed E-state index contributed by atoms with van der Waals surface area (Å²) in [6.45, 7) is 0. The number of rotatable bonds is 5. The van der Waals surface area contributed by atoms with Gasteiger partial charge in [-0.1, -0.05) is 121 Å². The SMILES string of the molecule is c1ccc(C(c2ccccc2)P(c2ccccc2)c2ccccc2)cc1. The Morgan fingerprint density at radius 2 is 0.692 bits per heavy atom. The van der Waals surface area contributed by atoms with Crippen LogP contribution in [0.15, 0.2) is 121 Å². The molecule has 0 heterocycles. The smallest absolute Gasteiger partial charge is 0.0372 e. The van der Waals surface area contributed by atoms with Crippen LogP contribution in [0.25, 0.3) is 0 Å². The van der Waals surface area contributed by atoms with E-state index in [0.717, 1.165) is 0 Å². The Morgan fingerprint density at radius 3 is 1.04 bits per heavy atom. The summed E-state index contributed by atoms with van der Waals surface area (Å²) in [6, 6.07) is 43.7. The molecule has 4 aromatic rings. The Labute approximate surface area is 156 Å². The summed E-state index contributed by atoms with van der Waals surface area (Å²) in [6.07, 6.45) is 0. The van der Waals surface area contributed by atoms with Gasteiger partial charge in [0.05, 0.1) is 0 Å². The first-order valence-corrected chi connectivity index (χ1v) is 10.3. The largest absolute Gasteiger partial charge is 0.0622 e. The fourth-order valence-corrected chi connectivity index (χ4v) is 6.21. The molecule has 4 rings (SSSR count). The summed E-state index contributed by atoms with van der Waals surface area (Å²) in [5.41, 5.74) is 3.08. The summed E-state index contributed by atoms with van der Waals surface area (Å²) < 4.78 is 0. The van der Waals surface area contributed by atoms with Crippen LogP contribution in [0.5, 0.6) is 0 Å². The highest BCUT2D eigenvalue weighted by atomic mass is 31.1. The van der Waals surface area contributed by atoms with Crippen LogP contribution in [0.1, 0.15) is 16.8 Å². The van der Waals surface area contributed by atoms with Crippen molar-refractivity contribution in [3.63, 3.8) is 0 Å². The quantitative estimate of drug-likeness (QED) is 0.392. The number of hydrogen-bond acceptors (Lipinski definition) is 0. The highest BCUT2D eigenvalue weighted by Gasteiger charge is 2.27. The van der Waals surface area contributed by atoms with E-state index in [1.54, 1.807) is 0 Å². The van der Waals surface area contributed by atoms with E-state index in [1.807, 2.05) is 0 Å². The van der Waals surface area contributed by atoms with Gasteiger partial charge in [0.2, 0.25) is 0 Å². The van der Waals surface area contributed by atoms with Gasteiger partial charge in [-0.15, -0.1) is 0 Å². The molecule has 4 aromatic carbocycles. The second-order valence-electron chi connectivity index (χ2n) is 6.27. The van der Waals surface area contributed by atoms with Crippen molar-refractivity contribution in [2.45, 2.75) is 5.66 Å². The molecule has 0 unspecified atom stereocenters. The normalized spacial score (nSPS) is 11.0. The van der Waals surface area contributed by atoms with E-state index in [0.29, 0.717) is 5.66 Å². The molecule has 0 saturated heterocycles. The van der Waals surface area contributed by atoms with Gasteiger partial charge in [-0.25, -0.2) is 0 Å². The van der Waals surface area contributed by atoms with E-state index in [1.165, 1.54) is 21.7 Å². The van der Waals surface area contributed by atoms with Crippen LogP contribution in [-0.4, -0.2) is 0 Å². The van der Waals surface area contributed by atoms with Gasteiger partial charge >= 0.3 is 0 Å². The van der Waals surface area contributed by atoms with Gasteiger partial charge in [-0.2, -0.15) is 0 Å². The fraction of sp³-hybridized carbons (Fsp3) is 0.0400. The van der Waals surface area contributed by atoms with Crippen molar-refractivity contribution in [3.05, 3.63) is 132 Å². The molecule has 126 valence electrons. The van der Waals surface area contributed by atoms with Crippen LogP contribution in [0.2, 0.25) is 0 Å². The van der Waals surface area contributed by atoms with E-state index >= 15 is 0 Å². The van der Waals surface area contributed by atoms with Crippen molar-refractivity contribution in [3.8, 4) is 0 Å². The number of hydrogen-bond donors (Lipinski definition) is 0. The second kappa shape index (κ2) is 8.13. The summed E-state index contributed by atoms with van der Waals surface area (Å²) in [5, 5.41) is 2.82. The van der Waals surface area contributed by atoms with Gasteiger partial charge < -0.3 is 0 Å². The molecule has 0 aliphatic heterocycles. The third-order valence-electron chi connectivity index (χ3n) is 4.56. The van der Waals surface area contributed by atoms with Crippen molar-refractivity contribution in [1.82, 2.24) is 0 Å². The van der Waals surface area contributed by atoms with E-state index in [2.05, 4.69) is 121 Å².